The number of methoxy groups -OCH3 is 1. The number of fused-ring (bicyclic) bond motifs is 1. The van der Waals surface area contributed by atoms with Gasteiger partial charge in [-0.15, -0.1) is 5.10 Å². The van der Waals surface area contributed by atoms with Crippen molar-refractivity contribution in [2.75, 3.05) is 13.7 Å². The molecule has 2 aromatic rings. The molecular weight excluding hydrogens is 386 g/mol. The van der Waals surface area contributed by atoms with Crippen LogP contribution in [-0.4, -0.2) is 34.7 Å². The van der Waals surface area contributed by atoms with Crippen molar-refractivity contribution >= 4 is 21.9 Å². The summed E-state index contributed by atoms with van der Waals surface area (Å²) in [7, 11) is 1.38. The number of rotatable bonds is 3. The van der Waals surface area contributed by atoms with Gasteiger partial charge in [-0.2, -0.15) is 0 Å². The maximum Gasteiger partial charge on any atom is 0.311 e. The molecule has 0 aliphatic carbocycles. The molecule has 1 aromatic heterocycles. The number of esters is 1. The first kappa shape index (κ1) is 18.1. The zero-order valence-corrected chi connectivity index (χ0v) is 16.2. The molecular formula is C18H22BrN3O3. The van der Waals surface area contributed by atoms with Crippen molar-refractivity contribution in [3.05, 3.63) is 45.7 Å². The zero-order chi connectivity index (χ0) is 18.0. The number of carbonyl (C=O) groups is 1. The van der Waals surface area contributed by atoms with Gasteiger partial charge in [-0.1, -0.05) is 53.2 Å². The zero-order valence-electron chi connectivity index (χ0n) is 14.6. The van der Waals surface area contributed by atoms with Gasteiger partial charge in [0.25, 0.3) is 0 Å². The fourth-order valence-corrected chi connectivity index (χ4v) is 3.80. The molecule has 6 nitrogen and oxygen atoms in total. The first-order valence-electron chi connectivity index (χ1n) is 8.36. The second-order valence-corrected chi connectivity index (χ2v) is 7.38. The van der Waals surface area contributed by atoms with Gasteiger partial charge in [-0.25, -0.2) is 4.68 Å². The fourth-order valence-electron chi connectivity index (χ4n) is 3.29. The Hall–Kier alpha value is -1.73. The van der Waals surface area contributed by atoms with E-state index in [-0.39, 0.29) is 24.4 Å². The van der Waals surface area contributed by atoms with Gasteiger partial charge >= 0.3 is 5.97 Å². The highest BCUT2D eigenvalue weighted by Gasteiger charge is 2.32. The van der Waals surface area contributed by atoms with Gasteiger partial charge in [0.15, 0.2) is 0 Å². The van der Waals surface area contributed by atoms with Crippen molar-refractivity contribution in [1.29, 1.82) is 0 Å². The monoisotopic (exact) mass is 407 g/mol. The molecule has 0 bridgehead atoms. The third-order valence-electron chi connectivity index (χ3n) is 4.53. The molecule has 134 valence electrons. The summed E-state index contributed by atoms with van der Waals surface area (Å²) in [6.07, 6.45) is -0.0280. The predicted molar refractivity (Wildman–Crippen MR) is 96.2 cm³/mol. The highest BCUT2D eigenvalue weighted by molar-refractivity contribution is 9.10. The Morgan fingerprint density at radius 1 is 1.40 bits per heavy atom. The van der Waals surface area contributed by atoms with Crippen LogP contribution in [-0.2, 0) is 27.2 Å². The second kappa shape index (κ2) is 7.66. The van der Waals surface area contributed by atoms with Crippen LogP contribution in [0.25, 0.3) is 0 Å². The molecule has 0 unspecified atom stereocenters. The molecule has 1 aromatic carbocycles. The molecule has 0 saturated carbocycles. The van der Waals surface area contributed by atoms with Crippen molar-refractivity contribution in [2.24, 2.45) is 5.92 Å². The van der Waals surface area contributed by atoms with E-state index in [4.69, 9.17) is 9.47 Å². The van der Waals surface area contributed by atoms with Crippen LogP contribution in [0.5, 0.6) is 0 Å². The first-order chi connectivity index (χ1) is 12.0. The molecule has 3 rings (SSSR count). The number of aromatic nitrogens is 3. The van der Waals surface area contributed by atoms with Gasteiger partial charge in [-0.05, 0) is 17.5 Å². The molecule has 0 N–H and O–H groups in total. The molecule has 0 fully saturated rings. The first-order valence-corrected chi connectivity index (χ1v) is 9.15. The largest absolute Gasteiger partial charge is 0.469 e. The molecule has 1 aliphatic rings. The van der Waals surface area contributed by atoms with E-state index in [1.54, 1.807) is 0 Å². The summed E-state index contributed by atoms with van der Waals surface area (Å²) >= 11 is 3.63. The fraction of sp³-hybridized carbons (Fsp3) is 0.500. The lowest BCUT2D eigenvalue weighted by Crippen LogP contribution is -2.27. The topological polar surface area (TPSA) is 66.2 Å². The number of nitrogens with zero attached hydrogens (tertiary/aromatic N) is 3. The average molecular weight is 408 g/mol. The van der Waals surface area contributed by atoms with Crippen LogP contribution in [0.3, 0.4) is 0 Å². The lowest BCUT2D eigenvalue weighted by molar-refractivity contribution is -0.139. The Labute approximate surface area is 155 Å². The van der Waals surface area contributed by atoms with Crippen LogP contribution < -0.4 is 0 Å². The Balaban J connectivity index is 2.04. The summed E-state index contributed by atoms with van der Waals surface area (Å²) in [5.74, 6) is -0.0197. The Bertz CT molecular complexity index is 762. The van der Waals surface area contributed by atoms with Gasteiger partial charge in [-0.3, -0.25) is 4.79 Å². The van der Waals surface area contributed by atoms with Crippen molar-refractivity contribution < 1.29 is 14.3 Å². The highest BCUT2D eigenvalue weighted by Crippen LogP contribution is 2.39. The molecule has 1 aliphatic heterocycles. The molecule has 0 amide bonds. The number of halogens is 1. The van der Waals surface area contributed by atoms with Crippen molar-refractivity contribution in [1.82, 2.24) is 15.0 Å². The molecule has 7 heteroatoms. The molecule has 0 radical (unpaired) electrons. The van der Waals surface area contributed by atoms with Crippen molar-refractivity contribution in [2.45, 2.75) is 38.8 Å². The average Bonchev–Trinajstić information content (AvgIpc) is 2.96. The van der Waals surface area contributed by atoms with E-state index < -0.39 is 0 Å². The van der Waals surface area contributed by atoms with Gasteiger partial charge in [0, 0.05) is 16.9 Å². The number of ether oxygens (including phenoxy) is 2. The Morgan fingerprint density at radius 3 is 2.88 bits per heavy atom. The molecule has 3 atom stereocenters. The summed E-state index contributed by atoms with van der Waals surface area (Å²) in [6, 6.07) is 8.06. The summed E-state index contributed by atoms with van der Waals surface area (Å²) in [5.41, 5.74) is 2.69. The van der Waals surface area contributed by atoms with Gasteiger partial charge < -0.3 is 9.47 Å². The second-order valence-electron chi connectivity index (χ2n) is 6.53. The molecule has 25 heavy (non-hydrogen) atoms. The minimum absolute atomic E-state index is 0.000793. The number of hydrogen-bond acceptors (Lipinski definition) is 5. The Kier molecular flexibility index (Phi) is 5.54. The van der Waals surface area contributed by atoms with E-state index in [1.807, 2.05) is 22.9 Å². The number of benzene rings is 1. The maximum absolute atomic E-state index is 11.8. The van der Waals surface area contributed by atoms with Crippen LogP contribution in [0.1, 0.15) is 42.8 Å². The summed E-state index contributed by atoms with van der Waals surface area (Å²) in [6.45, 7) is 5.58. The lowest BCUT2D eigenvalue weighted by atomic mass is 9.91. The summed E-state index contributed by atoms with van der Waals surface area (Å²) in [5, 5.41) is 8.54. The number of hydrogen-bond donors (Lipinski definition) is 0. The van der Waals surface area contributed by atoms with Gasteiger partial charge in [0.1, 0.15) is 0 Å². The third kappa shape index (κ3) is 3.77. The lowest BCUT2D eigenvalue weighted by Gasteiger charge is -2.31. The minimum Gasteiger partial charge on any atom is -0.469 e. The summed E-state index contributed by atoms with van der Waals surface area (Å²) < 4.78 is 14.0. The van der Waals surface area contributed by atoms with Crippen molar-refractivity contribution in [3.63, 3.8) is 0 Å². The van der Waals surface area contributed by atoms with E-state index in [2.05, 4.69) is 46.2 Å². The number of carbonyl (C=O) groups excluding carboxylic acids is 1. The van der Waals surface area contributed by atoms with Crippen LogP contribution in [0.2, 0.25) is 0 Å². The van der Waals surface area contributed by atoms with Crippen LogP contribution in [0, 0.1) is 5.92 Å². The highest BCUT2D eigenvalue weighted by atomic mass is 79.9. The van der Waals surface area contributed by atoms with E-state index in [0.29, 0.717) is 18.2 Å². The van der Waals surface area contributed by atoms with Gasteiger partial charge in [0.05, 0.1) is 37.6 Å². The SMILES string of the molecule is COC(=O)Cc1nnn2c1[C@H](C)[C@H](c1ccccc1Br)OC[C@H](C)C2. The third-order valence-corrected chi connectivity index (χ3v) is 5.25. The predicted octanol–water partition coefficient (Wildman–Crippen LogP) is 3.27. The molecule has 0 spiro atoms. The smallest absolute Gasteiger partial charge is 0.311 e. The van der Waals surface area contributed by atoms with Gasteiger partial charge in [0.2, 0.25) is 0 Å². The molecule has 0 saturated heterocycles. The van der Waals surface area contributed by atoms with E-state index >= 15 is 0 Å². The van der Waals surface area contributed by atoms with Crippen LogP contribution >= 0.6 is 15.9 Å². The molecule has 2 heterocycles. The summed E-state index contributed by atoms with van der Waals surface area (Å²) in [4.78, 5) is 11.8. The van der Waals surface area contributed by atoms with E-state index in [1.165, 1.54) is 7.11 Å². The quantitative estimate of drug-likeness (QED) is 0.730. The van der Waals surface area contributed by atoms with Crippen molar-refractivity contribution in [3.8, 4) is 0 Å². The van der Waals surface area contributed by atoms with Crippen LogP contribution in [0.15, 0.2) is 28.7 Å². The minimum atomic E-state index is -0.316. The van der Waals surface area contributed by atoms with E-state index in [9.17, 15) is 4.79 Å². The Morgan fingerprint density at radius 2 is 2.16 bits per heavy atom. The van der Waals surface area contributed by atoms with E-state index in [0.717, 1.165) is 22.3 Å². The standard InChI is InChI=1S/C18H22BrN3O3/c1-11-9-22-17(15(20-21-22)8-16(23)24-3)12(2)18(25-10-11)13-6-4-5-7-14(13)19/h4-7,11-12,18H,8-10H2,1-3H3/t11-,12+,18-/m1/s1. The van der Waals surface area contributed by atoms with Crippen LogP contribution in [0.4, 0.5) is 0 Å². The maximum atomic E-state index is 11.8. The normalized spacial score (nSPS) is 23.4.